The maximum absolute atomic E-state index is 13.5. The number of aryl methyl sites for hydroxylation is 1. The number of amides is 1. The van der Waals surface area contributed by atoms with Crippen LogP contribution in [0.25, 0.3) is 0 Å². The summed E-state index contributed by atoms with van der Waals surface area (Å²) in [5.74, 6) is -1.82. The first-order chi connectivity index (χ1) is 10.1. The summed E-state index contributed by atoms with van der Waals surface area (Å²) < 4.78 is 18.4. The van der Waals surface area contributed by atoms with Crippen LogP contribution in [-0.4, -0.2) is 23.5 Å². The number of esters is 1. The Labute approximate surface area is 120 Å². The topological polar surface area (TPSA) is 68.3 Å². The number of benzene rings is 1. The van der Waals surface area contributed by atoms with Crippen LogP contribution in [-0.2, 0) is 9.53 Å². The predicted molar refractivity (Wildman–Crippen MR) is 74.3 cm³/mol. The van der Waals surface area contributed by atoms with Crippen LogP contribution in [0, 0.1) is 12.7 Å². The third-order valence-corrected chi connectivity index (χ3v) is 2.63. The van der Waals surface area contributed by atoms with Crippen molar-refractivity contribution >= 4 is 17.6 Å². The number of hydrogen-bond donors (Lipinski definition) is 1. The number of nitrogens with zero attached hydrogens (tertiary/aromatic N) is 1. The standard InChI is InChI=1S/C15H13FN2O3/c1-10-4-5-13(12(16)7-10)18-14(19)9-21-15(20)11-3-2-6-17-8-11/h2-8H,9H2,1H3,(H,18,19). The fourth-order valence-electron chi connectivity index (χ4n) is 1.61. The Morgan fingerprint density at radius 3 is 2.81 bits per heavy atom. The van der Waals surface area contributed by atoms with Gasteiger partial charge in [0.05, 0.1) is 11.3 Å². The smallest absolute Gasteiger partial charge is 0.340 e. The molecule has 5 nitrogen and oxygen atoms in total. The van der Waals surface area contributed by atoms with Gasteiger partial charge in [0, 0.05) is 12.4 Å². The van der Waals surface area contributed by atoms with Gasteiger partial charge in [-0.1, -0.05) is 6.07 Å². The lowest BCUT2D eigenvalue weighted by Crippen LogP contribution is -2.21. The van der Waals surface area contributed by atoms with Gasteiger partial charge in [0.15, 0.2) is 6.61 Å². The minimum absolute atomic E-state index is 0.0445. The lowest BCUT2D eigenvalue weighted by molar-refractivity contribution is -0.119. The largest absolute Gasteiger partial charge is 0.452 e. The van der Waals surface area contributed by atoms with Gasteiger partial charge in [-0.25, -0.2) is 9.18 Å². The summed E-state index contributed by atoms with van der Waals surface area (Å²) in [6, 6.07) is 7.52. The molecule has 0 aliphatic heterocycles. The summed E-state index contributed by atoms with van der Waals surface area (Å²) in [5.41, 5.74) is 1.03. The van der Waals surface area contributed by atoms with Gasteiger partial charge in [-0.05, 0) is 36.8 Å². The molecular weight excluding hydrogens is 275 g/mol. The van der Waals surface area contributed by atoms with E-state index in [9.17, 15) is 14.0 Å². The van der Waals surface area contributed by atoms with E-state index in [1.54, 1.807) is 19.1 Å². The summed E-state index contributed by atoms with van der Waals surface area (Å²) in [6.07, 6.45) is 2.85. The van der Waals surface area contributed by atoms with Gasteiger partial charge >= 0.3 is 5.97 Å². The number of anilines is 1. The molecule has 0 saturated carbocycles. The molecule has 0 spiro atoms. The zero-order valence-electron chi connectivity index (χ0n) is 11.3. The van der Waals surface area contributed by atoms with E-state index in [0.717, 1.165) is 5.56 Å². The van der Waals surface area contributed by atoms with Crippen molar-refractivity contribution in [1.82, 2.24) is 4.98 Å². The number of halogens is 1. The number of hydrogen-bond acceptors (Lipinski definition) is 4. The van der Waals surface area contributed by atoms with Gasteiger partial charge in [0.1, 0.15) is 5.82 Å². The second-order valence-electron chi connectivity index (χ2n) is 4.35. The third kappa shape index (κ3) is 4.10. The highest BCUT2D eigenvalue weighted by atomic mass is 19.1. The molecule has 0 aliphatic rings. The molecule has 0 radical (unpaired) electrons. The molecule has 108 valence electrons. The van der Waals surface area contributed by atoms with E-state index in [4.69, 9.17) is 4.74 Å². The van der Waals surface area contributed by atoms with Crippen molar-refractivity contribution in [3.05, 3.63) is 59.7 Å². The molecule has 0 saturated heterocycles. The molecule has 1 aromatic carbocycles. The van der Waals surface area contributed by atoms with E-state index in [1.165, 1.54) is 30.6 Å². The molecule has 6 heteroatoms. The molecule has 1 heterocycles. The van der Waals surface area contributed by atoms with Crippen LogP contribution in [0.15, 0.2) is 42.7 Å². The summed E-state index contributed by atoms with van der Waals surface area (Å²) >= 11 is 0. The zero-order valence-corrected chi connectivity index (χ0v) is 11.3. The average molecular weight is 288 g/mol. The molecule has 2 aromatic rings. The number of nitrogens with one attached hydrogen (secondary N) is 1. The van der Waals surface area contributed by atoms with E-state index in [0.29, 0.717) is 0 Å². The first-order valence-corrected chi connectivity index (χ1v) is 6.19. The number of carbonyl (C=O) groups is 2. The Balaban J connectivity index is 1.89. The second-order valence-corrected chi connectivity index (χ2v) is 4.35. The van der Waals surface area contributed by atoms with Gasteiger partial charge in [0.2, 0.25) is 0 Å². The summed E-state index contributed by atoms with van der Waals surface area (Å²) in [5, 5.41) is 2.34. The molecule has 21 heavy (non-hydrogen) atoms. The second kappa shape index (κ2) is 6.60. The number of aromatic nitrogens is 1. The fraction of sp³-hybridized carbons (Fsp3) is 0.133. The van der Waals surface area contributed by atoms with Crippen LogP contribution in [0.2, 0.25) is 0 Å². The third-order valence-electron chi connectivity index (χ3n) is 2.63. The highest BCUT2D eigenvalue weighted by molar-refractivity contribution is 5.95. The lowest BCUT2D eigenvalue weighted by atomic mass is 10.2. The molecule has 1 N–H and O–H groups in total. The summed E-state index contributed by atoms with van der Waals surface area (Å²) in [4.78, 5) is 27.0. The Bertz CT molecular complexity index is 659. The molecule has 0 unspecified atom stereocenters. The molecule has 0 atom stereocenters. The predicted octanol–water partition coefficient (Wildman–Crippen LogP) is 2.32. The van der Waals surface area contributed by atoms with E-state index in [2.05, 4.69) is 10.3 Å². The van der Waals surface area contributed by atoms with Crippen LogP contribution in [0.4, 0.5) is 10.1 Å². The Morgan fingerprint density at radius 1 is 1.33 bits per heavy atom. The van der Waals surface area contributed by atoms with Crippen molar-refractivity contribution in [3.63, 3.8) is 0 Å². The van der Waals surface area contributed by atoms with Crippen molar-refractivity contribution in [2.24, 2.45) is 0 Å². The van der Waals surface area contributed by atoms with Crippen molar-refractivity contribution < 1.29 is 18.7 Å². The quantitative estimate of drug-likeness (QED) is 0.877. The lowest BCUT2D eigenvalue weighted by Gasteiger charge is -2.07. The van der Waals surface area contributed by atoms with Crippen LogP contribution in [0.5, 0.6) is 0 Å². The highest BCUT2D eigenvalue weighted by Crippen LogP contribution is 2.15. The first-order valence-electron chi connectivity index (χ1n) is 6.19. The number of ether oxygens (including phenoxy) is 1. The van der Waals surface area contributed by atoms with Gasteiger partial charge in [-0.15, -0.1) is 0 Å². The van der Waals surface area contributed by atoms with Crippen LogP contribution in [0.1, 0.15) is 15.9 Å². The van der Waals surface area contributed by atoms with E-state index in [1.807, 2.05) is 0 Å². The zero-order chi connectivity index (χ0) is 15.2. The maximum atomic E-state index is 13.5. The Morgan fingerprint density at radius 2 is 2.14 bits per heavy atom. The minimum Gasteiger partial charge on any atom is -0.452 e. The number of carbonyl (C=O) groups excluding carboxylic acids is 2. The summed E-state index contributed by atoms with van der Waals surface area (Å²) in [7, 11) is 0. The number of pyridine rings is 1. The van der Waals surface area contributed by atoms with Gasteiger partial charge in [-0.3, -0.25) is 9.78 Å². The van der Waals surface area contributed by atoms with E-state index < -0.39 is 24.3 Å². The van der Waals surface area contributed by atoms with Crippen molar-refractivity contribution in [2.75, 3.05) is 11.9 Å². The normalized spacial score (nSPS) is 10.0. The SMILES string of the molecule is Cc1ccc(NC(=O)COC(=O)c2cccnc2)c(F)c1. The molecular formula is C15H13FN2O3. The molecule has 0 fully saturated rings. The van der Waals surface area contributed by atoms with Gasteiger partial charge in [0.25, 0.3) is 5.91 Å². The first kappa shape index (κ1) is 14.6. The minimum atomic E-state index is -0.664. The van der Waals surface area contributed by atoms with Crippen molar-refractivity contribution in [3.8, 4) is 0 Å². The van der Waals surface area contributed by atoms with Crippen molar-refractivity contribution in [2.45, 2.75) is 6.92 Å². The molecule has 1 aromatic heterocycles. The van der Waals surface area contributed by atoms with Crippen LogP contribution < -0.4 is 5.32 Å². The maximum Gasteiger partial charge on any atom is 0.340 e. The van der Waals surface area contributed by atoms with Crippen LogP contribution >= 0.6 is 0 Å². The summed E-state index contributed by atoms with van der Waals surface area (Å²) in [6.45, 7) is 1.24. The Hall–Kier alpha value is -2.76. The van der Waals surface area contributed by atoms with Gasteiger partial charge in [-0.2, -0.15) is 0 Å². The van der Waals surface area contributed by atoms with E-state index >= 15 is 0 Å². The fourth-order valence-corrected chi connectivity index (χ4v) is 1.61. The van der Waals surface area contributed by atoms with E-state index in [-0.39, 0.29) is 11.3 Å². The highest BCUT2D eigenvalue weighted by Gasteiger charge is 2.11. The monoisotopic (exact) mass is 288 g/mol. The van der Waals surface area contributed by atoms with Crippen molar-refractivity contribution in [1.29, 1.82) is 0 Å². The average Bonchev–Trinajstić information content (AvgIpc) is 2.48. The molecule has 1 amide bonds. The van der Waals surface area contributed by atoms with Gasteiger partial charge < -0.3 is 10.1 Å². The van der Waals surface area contributed by atoms with Crippen LogP contribution in [0.3, 0.4) is 0 Å². The number of rotatable bonds is 4. The molecule has 0 aliphatic carbocycles. The molecule has 2 rings (SSSR count). The Kier molecular flexibility index (Phi) is 4.61. The molecule has 0 bridgehead atoms.